The second kappa shape index (κ2) is 8.68. The van der Waals surface area contributed by atoms with Crippen LogP contribution in [-0.2, 0) is 29.0 Å². The van der Waals surface area contributed by atoms with Gasteiger partial charge in [-0.3, -0.25) is 0 Å². The van der Waals surface area contributed by atoms with E-state index in [4.69, 9.17) is 9.47 Å². The van der Waals surface area contributed by atoms with Crippen molar-refractivity contribution in [3.05, 3.63) is 52.5 Å². The van der Waals surface area contributed by atoms with Crippen LogP contribution >= 0.6 is 11.3 Å². The molecule has 0 amide bonds. The quantitative estimate of drug-likeness (QED) is 0.559. The van der Waals surface area contributed by atoms with Crippen molar-refractivity contribution in [2.45, 2.75) is 19.6 Å². The fraction of sp³-hybridized carbons (Fsp3) is 0.353. The van der Waals surface area contributed by atoms with Gasteiger partial charge in [-0.1, -0.05) is 35.5 Å². The van der Waals surface area contributed by atoms with Crippen molar-refractivity contribution in [3.8, 4) is 11.4 Å². The van der Waals surface area contributed by atoms with Gasteiger partial charge in [0.05, 0.1) is 24.4 Å². The van der Waals surface area contributed by atoms with E-state index in [0.717, 1.165) is 29.2 Å². The lowest BCUT2D eigenvalue weighted by Crippen LogP contribution is -2.07. The predicted octanol–water partition coefficient (Wildman–Crippen LogP) is 2.81. The smallest absolute Gasteiger partial charge is 0.141 e. The van der Waals surface area contributed by atoms with E-state index in [2.05, 4.69) is 39.6 Å². The maximum absolute atomic E-state index is 5.42. The highest BCUT2D eigenvalue weighted by molar-refractivity contribution is 7.09. The number of benzene rings is 1. The summed E-state index contributed by atoms with van der Waals surface area (Å²) >= 11 is 1.66. The van der Waals surface area contributed by atoms with Gasteiger partial charge in [-0.25, -0.2) is 9.67 Å². The average Bonchev–Trinajstić information content (AvgIpc) is 3.27. The van der Waals surface area contributed by atoms with Crippen LogP contribution < -0.4 is 0 Å². The zero-order valence-electron chi connectivity index (χ0n) is 13.6. The Balaban J connectivity index is 1.54. The molecule has 0 aliphatic heterocycles. The SMILES string of the molecule is COCCOCn1cc(-c2csc(CCc3ccccc3)n2)nn1. The van der Waals surface area contributed by atoms with E-state index in [-0.39, 0.29) is 0 Å². The summed E-state index contributed by atoms with van der Waals surface area (Å²) in [7, 11) is 1.65. The van der Waals surface area contributed by atoms with Gasteiger partial charge in [0.1, 0.15) is 18.1 Å². The first kappa shape index (κ1) is 16.8. The first-order valence-electron chi connectivity index (χ1n) is 7.80. The van der Waals surface area contributed by atoms with Gasteiger partial charge in [0, 0.05) is 18.9 Å². The average molecular weight is 344 g/mol. The third kappa shape index (κ3) is 4.70. The highest BCUT2D eigenvalue weighted by Crippen LogP contribution is 2.20. The Morgan fingerprint density at radius 3 is 2.79 bits per heavy atom. The lowest BCUT2D eigenvalue weighted by molar-refractivity contribution is 0.0281. The molecule has 3 aromatic rings. The Hall–Kier alpha value is -2.09. The van der Waals surface area contributed by atoms with Crippen LogP contribution in [0.2, 0.25) is 0 Å². The molecule has 0 N–H and O–H groups in total. The minimum atomic E-state index is 0.362. The molecule has 0 unspecified atom stereocenters. The minimum Gasteiger partial charge on any atom is -0.382 e. The summed E-state index contributed by atoms with van der Waals surface area (Å²) in [6, 6.07) is 10.5. The number of rotatable bonds is 9. The Morgan fingerprint density at radius 2 is 1.96 bits per heavy atom. The van der Waals surface area contributed by atoms with Crippen LogP contribution in [0.1, 0.15) is 10.6 Å². The van der Waals surface area contributed by atoms with E-state index in [0.29, 0.717) is 19.9 Å². The summed E-state index contributed by atoms with van der Waals surface area (Å²) in [5.74, 6) is 0. The number of aromatic nitrogens is 4. The molecule has 0 fully saturated rings. The van der Waals surface area contributed by atoms with Crippen LogP contribution in [0.15, 0.2) is 41.9 Å². The van der Waals surface area contributed by atoms with Crippen LogP contribution in [0.3, 0.4) is 0 Å². The molecule has 0 atom stereocenters. The van der Waals surface area contributed by atoms with Gasteiger partial charge in [-0.15, -0.1) is 16.4 Å². The van der Waals surface area contributed by atoms with Crippen molar-refractivity contribution in [3.63, 3.8) is 0 Å². The Bertz CT molecular complexity index is 742. The third-order valence-corrected chi connectivity index (χ3v) is 4.39. The second-order valence-electron chi connectivity index (χ2n) is 5.29. The highest BCUT2D eigenvalue weighted by Gasteiger charge is 2.09. The van der Waals surface area contributed by atoms with Gasteiger partial charge in [-0.05, 0) is 12.0 Å². The summed E-state index contributed by atoms with van der Waals surface area (Å²) in [4.78, 5) is 4.66. The summed E-state index contributed by atoms with van der Waals surface area (Å²) in [5.41, 5.74) is 2.96. The van der Waals surface area contributed by atoms with E-state index in [9.17, 15) is 0 Å². The number of methoxy groups -OCH3 is 1. The third-order valence-electron chi connectivity index (χ3n) is 3.48. The van der Waals surface area contributed by atoms with Gasteiger partial charge in [0.25, 0.3) is 0 Å². The van der Waals surface area contributed by atoms with Crippen LogP contribution in [0.4, 0.5) is 0 Å². The Labute approximate surface area is 145 Å². The fourth-order valence-corrected chi connectivity index (χ4v) is 3.01. The fourth-order valence-electron chi connectivity index (χ4n) is 2.22. The molecule has 0 bridgehead atoms. The number of aryl methyl sites for hydroxylation is 2. The van der Waals surface area contributed by atoms with E-state index < -0.39 is 0 Å². The van der Waals surface area contributed by atoms with Crippen molar-refractivity contribution in [1.29, 1.82) is 0 Å². The maximum atomic E-state index is 5.42. The zero-order chi connectivity index (χ0) is 16.6. The molecule has 3 rings (SSSR count). The summed E-state index contributed by atoms with van der Waals surface area (Å²) in [6.07, 6.45) is 3.78. The zero-order valence-corrected chi connectivity index (χ0v) is 14.4. The molecule has 6 nitrogen and oxygen atoms in total. The van der Waals surface area contributed by atoms with E-state index >= 15 is 0 Å². The normalized spacial score (nSPS) is 11.0. The molecule has 0 aliphatic rings. The minimum absolute atomic E-state index is 0.362. The van der Waals surface area contributed by atoms with Gasteiger partial charge in [-0.2, -0.15) is 0 Å². The number of ether oxygens (including phenoxy) is 2. The van der Waals surface area contributed by atoms with E-state index in [1.165, 1.54) is 5.56 Å². The lowest BCUT2D eigenvalue weighted by atomic mass is 10.1. The molecule has 2 aromatic heterocycles. The van der Waals surface area contributed by atoms with Crippen molar-refractivity contribution >= 4 is 11.3 Å². The van der Waals surface area contributed by atoms with Crippen molar-refractivity contribution < 1.29 is 9.47 Å². The van der Waals surface area contributed by atoms with Gasteiger partial charge in [0.15, 0.2) is 0 Å². The van der Waals surface area contributed by atoms with E-state index in [1.807, 2.05) is 17.6 Å². The molecule has 0 radical (unpaired) electrons. The largest absolute Gasteiger partial charge is 0.382 e. The van der Waals surface area contributed by atoms with Gasteiger partial charge >= 0.3 is 0 Å². The van der Waals surface area contributed by atoms with Crippen LogP contribution in [0, 0.1) is 0 Å². The van der Waals surface area contributed by atoms with E-state index in [1.54, 1.807) is 23.1 Å². The second-order valence-corrected chi connectivity index (χ2v) is 6.23. The molecular weight excluding hydrogens is 324 g/mol. The molecule has 7 heteroatoms. The van der Waals surface area contributed by atoms with Crippen LogP contribution in [-0.4, -0.2) is 40.3 Å². The number of nitrogens with zero attached hydrogens (tertiary/aromatic N) is 4. The Morgan fingerprint density at radius 1 is 1.08 bits per heavy atom. The lowest BCUT2D eigenvalue weighted by Gasteiger charge is -2.01. The standard InChI is InChI=1S/C17H20N4O2S/c1-22-9-10-23-13-21-11-15(19-20-21)16-12-24-17(18-16)8-7-14-5-3-2-4-6-14/h2-6,11-12H,7-10,13H2,1H3. The predicted molar refractivity (Wildman–Crippen MR) is 92.8 cm³/mol. The topological polar surface area (TPSA) is 62.1 Å². The molecule has 0 saturated carbocycles. The van der Waals surface area contributed by atoms with Crippen molar-refractivity contribution in [2.24, 2.45) is 0 Å². The number of thiazole rings is 1. The molecule has 0 aliphatic carbocycles. The Kier molecular flexibility index (Phi) is 6.06. The van der Waals surface area contributed by atoms with Gasteiger partial charge in [0.2, 0.25) is 0 Å². The number of hydrogen-bond acceptors (Lipinski definition) is 6. The molecule has 0 saturated heterocycles. The highest BCUT2D eigenvalue weighted by atomic mass is 32.1. The first-order valence-corrected chi connectivity index (χ1v) is 8.68. The first-order chi connectivity index (χ1) is 11.8. The summed E-state index contributed by atoms with van der Waals surface area (Å²) in [5, 5.41) is 11.4. The maximum Gasteiger partial charge on any atom is 0.141 e. The molecular formula is C17H20N4O2S. The molecule has 24 heavy (non-hydrogen) atoms. The monoisotopic (exact) mass is 344 g/mol. The number of hydrogen-bond donors (Lipinski definition) is 0. The summed E-state index contributed by atoms with van der Waals surface area (Å²) < 4.78 is 12.0. The van der Waals surface area contributed by atoms with Gasteiger partial charge < -0.3 is 9.47 Å². The van der Waals surface area contributed by atoms with Crippen molar-refractivity contribution in [2.75, 3.05) is 20.3 Å². The molecule has 1 aromatic carbocycles. The van der Waals surface area contributed by atoms with Crippen molar-refractivity contribution in [1.82, 2.24) is 20.0 Å². The molecule has 0 spiro atoms. The molecule has 2 heterocycles. The van der Waals surface area contributed by atoms with Crippen LogP contribution in [0.25, 0.3) is 11.4 Å². The molecule has 126 valence electrons. The van der Waals surface area contributed by atoms with Crippen LogP contribution in [0.5, 0.6) is 0 Å². The summed E-state index contributed by atoms with van der Waals surface area (Å²) in [6.45, 7) is 1.46.